The maximum Gasteiger partial charge on any atom is 0.233 e. The van der Waals surface area contributed by atoms with E-state index in [9.17, 15) is 9.59 Å². The van der Waals surface area contributed by atoms with Gasteiger partial charge in [-0.05, 0) is 36.4 Å². The molecular weight excluding hydrogens is 382 g/mol. The van der Waals surface area contributed by atoms with Gasteiger partial charge in [0.05, 0.1) is 21.4 Å². The van der Waals surface area contributed by atoms with Crippen LogP contribution in [0.15, 0.2) is 36.4 Å². The third-order valence-corrected chi connectivity index (χ3v) is 3.86. The molecule has 0 aliphatic rings. The number of hydrogen-bond acceptors (Lipinski definition) is 2. The lowest BCUT2D eigenvalue weighted by atomic mass is 10.2. The Morgan fingerprint density at radius 2 is 1.13 bits per heavy atom. The van der Waals surface area contributed by atoms with Crippen LogP contribution in [0.5, 0.6) is 0 Å². The molecule has 2 rings (SSSR count). The van der Waals surface area contributed by atoms with Gasteiger partial charge in [0.25, 0.3) is 0 Å². The zero-order chi connectivity index (χ0) is 17.0. The summed E-state index contributed by atoms with van der Waals surface area (Å²) in [6, 6.07) is 9.26. The van der Waals surface area contributed by atoms with Crippen LogP contribution in [0.4, 0.5) is 11.4 Å². The van der Waals surface area contributed by atoms with E-state index in [1.54, 1.807) is 24.3 Å². The maximum atomic E-state index is 11.9. The van der Waals surface area contributed by atoms with E-state index in [1.165, 1.54) is 12.1 Å². The van der Waals surface area contributed by atoms with Gasteiger partial charge in [0, 0.05) is 10.0 Å². The van der Waals surface area contributed by atoms with E-state index in [0.717, 1.165) is 0 Å². The van der Waals surface area contributed by atoms with E-state index in [1.807, 2.05) is 0 Å². The summed E-state index contributed by atoms with van der Waals surface area (Å²) >= 11 is 23.5. The zero-order valence-electron chi connectivity index (χ0n) is 11.5. The third kappa shape index (κ3) is 5.29. The van der Waals surface area contributed by atoms with Gasteiger partial charge in [-0.1, -0.05) is 46.4 Å². The smallest absolute Gasteiger partial charge is 0.233 e. The molecule has 2 aromatic carbocycles. The molecule has 2 amide bonds. The Balaban J connectivity index is 1.98. The molecule has 120 valence electrons. The Bertz CT molecular complexity index is 702. The Morgan fingerprint density at radius 1 is 0.739 bits per heavy atom. The van der Waals surface area contributed by atoms with E-state index in [-0.39, 0.29) is 0 Å². The standard InChI is InChI=1S/C15H10Cl4N2O2/c16-8-1-3-10(18)12(5-8)20-14(22)7-15(23)21-13-6-9(17)2-4-11(13)19/h1-6H,7H2,(H,20,22)(H,21,23). The molecule has 0 aromatic heterocycles. The van der Waals surface area contributed by atoms with Crippen molar-refractivity contribution in [3.8, 4) is 0 Å². The molecule has 2 N–H and O–H groups in total. The van der Waals surface area contributed by atoms with Gasteiger partial charge < -0.3 is 10.6 Å². The number of amides is 2. The van der Waals surface area contributed by atoms with E-state index >= 15 is 0 Å². The number of anilines is 2. The highest BCUT2D eigenvalue weighted by molar-refractivity contribution is 6.36. The van der Waals surface area contributed by atoms with Crippen molar-refractivity contribution >= 4 is 69.6 Å². The minimum atomic E-state index is -0.537. The first-order valence-corrected chi connectivity index (χ1v) is 7.86. The Kier molecular flexibility index (Phi) is 6.13. The van der Waals surface area contributed by atoms with Gasteiger partial charge in [-0.3, -0.25) is 9.59 Å². The summed E-state index contributed by atoms with van der Waals surface area (Å²) in [6.07, 6.45) is -0.411. The van der Waals surface area contributed by atoms with E-state index in [2.05, 4.69) is 10.6 Å². The summed E-state index contributed by atoms with van der Waals surface area (Å²) in [5.74, 6) is -1.07. The lowest BCUT2D eigenvalue weighted by Crippen LogP contribution is -2.21. The minimum Gasteiger partial charge on any atom is -0.324 e. The second-order valence-electron chi connectivity index (χ2n) is 4.52. The summed E-state index contributed by atoms with van der Waals surface area (Å²) in [4.78, 5) is 23.8. The predicted octanol–water partition coefficient (Wildman–Crippen LogP) is 5.27. The molecule has 0 aliphatic carbocycles. The summed E-state index contributed by atoms with van der Waals surface area (Å²) < 4.78 is 0. The summed E-state index contributed by atoms with van der Waals surface area (Å²) in [5.41, 5.74) is 0.663. The first-order chi connectivity index (χ1) is 10.8. The van der Waals surface area contributed by atoms with Gasteiger partial charge in [0.15, 0.2) is 0 Å². The van der Waals surface area contributed by atoms with E-state index in [4.69, 9.17) is 46.4 Å². The normalized spacial score (nSPS) is 10.3. The third-order valence-electron chi connectivity index (χ3n) is 2.73. The van der Waals surface area contributed by atoms with E-state index < -0.39 is 18.2 Å². The molecule has 0 spiro atoms. The maximum absolute atomic E-state index is 11.9. The molecule has 2 aromatic rings. The molecule has 4 nitrogen and oxygen atoms in total. The molecule has 0 fully saturated rings. The van der Waals surface area contributed by atoms with Gasteiger partial charge in [-0.2, -0.15) is 0 Å². The van der Waals surface area contributed by atoms with Gasteiger partial charge in [-0.15, -0.1) is 0 Å². The topological polar surface area (TPSA) is 58.2 Å². The second-order valence-corrected chi connectivity index (χ2v) is 6.21. The van der Waals surface area contributed by atoms with Crippen LogP contribution < -0.4 is 10.6 Å². The second kappa shape index (κ2) is 7.88. The summed E-state index contributed by atoms with van der Waals surface area (Å²) in [7, 11) is 0. The zero-order valence-corrected chi connectivity index (χ0v) is 14.5. The van der Waals surface area contributed by atoms with Crippen molar-refractivity contribution in [2.45, 2.75) is 6.42 Å². The number of carbonyl (C=O) groups excluding carboxylic acids is 2. The molecule has 8 heteroatoms. The van der Waals surface area contributed by atoms with Gasteiger partial charge >= 0.3 is 0 Å². The van der Waals surface area contributed by atoms with Crippen LogP contribution in [0.2, 0.25) is 20.1 Å². The van der Waals surface area contributed by atoms with Crippen molar-refractivity contribution in [2.75, 3.05) is 10.6 Å². The summed E-state index contributed by atoms with van der Waals surface area (Å²) in [5, 5.41) is 6.51. The van der Waals surface area contributed by atoms with Gasteiger partial charge in [-0.25, -0.2) is 0 Å². The van der Waals surface area contributed by atoms with Gasteiger partial charge in [0.1, 0.15) is 6.42 Å². The quantitative estimate of drug-likeness (QED) is 0.697. The monoisotopic (exact) mass is 390 g/mol. The highest BCUT2D eigenvalue weighted by Crippen LogP contribution is 2.27. The summed E-state index contributed by atoms with van der Waals surface area (Å²) in [6.45, 7) is 0. The largest absolute Gasteiger partial charge is 0.324 e. The van der Waals surface area contributed by atoms with Crippen molar-refractivity contribution in [3.63, 3.8) is 0 Å². The average Bonchev–Trinajstić information content (AvgIpc) is 2.46. The molecule has 0 heterocycles. The molecular formula is C15H10Cl4N2O2. The number of nitrogens with one attached hydrogen (secondary N) is 2. The lowest BCUT2D eigenvalue weighted by molar-refractivity contribution is -0.123. The van der Waals surface area contributed by atoms with Crippen LogP contribution >= 0.6 is 46.4 Å². The Hall–Kier alpha value is -1.46. The van der Waals surface area contributed by atoms with Crippen LogP contribution in [-0.4, -0.2) is 11.8 Å². The first-order valence-electron chi connectivity index (χ1n) is 6.35. The molecule has 0 radical (unpaired) electrons. The number of benzene rings is 2. The van der Waals surface area contributed by atoms with E-state index in [0.29, 0.717) is 31.5 Å². The fourth-order valence-electron chi connectivity index (χ4n) is 1.72. The Morgan fingerprint density at radius 3 is 1.52 bits per heavy atom. The molecule has 0 atom stereocenters. The van der Waals surface area contributed by atoms with Crippen molar-refractivity contribution in [1.82, 2.24) is 0 Å². The molecule has 0 saturated heterocycles. The van der Waals surface area contributed by atoms with Crippen LogP contribution in [0.1, 0.15) is 6.42 Å². The number of carbonyl (C=O) groups is 2. The highest BCUT2D eigenvalue weighted by Gasteiger charge is 2.13. The lowest BCUT2D eigenvalue weighted by Gasteiger charge is -2.09. The minimum absolute atomic E-state index is 0.320. The number of halogens is 4. The SMILES string of the molecule is O=C(CC(=O)Nc1cc(Cl)ccc1Cl)Nc1cc(Cl)ccc1Cl. The van der Waals surface area contributed by atoms with Crippen LogP contribution in [0.25, 0.3) is 0 Å². The molecule has 0 unspecified atom stereocenters. The van der Waals surface area contributed by atoms with Crippen LogP contribution in [0.3, 0.4) is 0 Å². The van der Waals surface area contributed by atoms with Crippen LogP contribution in [0, 0.1) is 0 Å². The first kappa shape index (κ1) is 17.9. The van der Waals surface area contributed by atoms with Crippen molar-refractivity contribution in [2.24, 2.45) is 0 Å². The number of rotatable bonds is 4. The van der Waals surface area contributed by atoms with Crippen molar-refractivity contribution < 1.29 is 9.59 Å². The van der Waals surface area contributed by atoms with Crippen LogP contribution in [-0.2, 0) is 9.59 Å². The Labute approximate surface area is 152 Å². The predicted molar refractivity (Wildman–Crippen MR) is 94.8 cm³/mol. The molecule has 23 heavy (non-hydrogen) atoms. The fraction of sp³-hybridized carbons (Fsp3) is 0.0667. The fourth-order valence-corrected chi connectivity index (χ4v) is 2.39. The number of hydrogen-bond donors (Lipinski definition) is 2. The molecule has 0 aliphatic heterocycles. The average molecular weight is 392 g/mol. The molecule has 0 saturated carbocycles. The molecule has 0 bridgehead atoms. The highest BCUT2D eigenvalue weighted by atomic mass is 35.5. The van der Waals surface area contributed by atoms with Gasteiger partial charge in [0.2, 0.25) is 11.8 Å². The van der Waals surface area contributed by atoms with Crippen molar-refractivity contribution in [1.29, 1.82) is 0 Å². The van der Waals surface area contributed by atoms with Crippen molar-refractivity contribution in [3.05, 3.63) is 56.5 Å².